The van der Waals surface area contributed by atoms with Crippen molar-refractivity contribution in [2.45, 2.75) is 9.92 Å². The van der Waals surface area contributed by atoms with Crippen LogP contribution in [-0.2, 0) is 0 Å². The van der Waals surface area contributed by atoms with E-state index < -0.39 is 5.91 Å². The zero-order valence-corrected chi connectivity index (χ0v) is 11.7. The lowest BCUT2D eigenvalue weighted by atomic mass is 10.2. The highest BCUT2D eigenvalue weighted by Gasteiger charge is 2.08. The van der Waals surface area contributed by atoms with Gasteiger partial charge in [0.15, 0.2) is 0 Å². The molecule has 2 aromatic rings. The predicted octanol–water partition coefficient (Wildman–Crippen LogP) is 2.68. The molecule has 1 aromatic carbocycles. The van der Waals surface area contributed by atoms with Crippen molar-refractivity contribution in [1.82, 2.24) is 4.98 Å². The molecular weight excluding hydrogens is 314 g/mol. The molecule has 0 aliphatic rings. The van der Waals surface area contributed by atoms with Gasteiger partial charge in [-0.15, -0.1) is 0 Å². The van der Waals surface area contributed by atoms with E-state index in [0.29, 0.717) is 16.3 Å². The van der Waals surface area contributed by atoms with Crippen molar-refractivity contribution in [1.29, 1.82) is 0 Å². The van der Waals surface area contributed by atoms with E-state index in [1.54, 1.807) is 6.07 Å². The Morgan fingerprint density at radius 1 is 1.28 bits per heavy atom. The average molecular weight is 324 g/mol. The molecule has 1 amide bonds. The Labute approximate surface area is 117 Å². The van der Waals surface area contributed by atoms with Crippen molar-refractivity contribution in [3.63, 3.8) is 0 Å². The monoisotopic (exact) mass is 323 g/mol. The van der Waals surface area contributed by atoms with Crippen LogP contribution in [0.15, 0.2) is 50.9 Å². The second-order valence-electron chi connectivity index (χ2n) is 3.53. The van der Waals surface area contributed by atoms with Gasteiger partial charge in [0, 0.05) is 9.37 Å². The van der Waals surface area contributed by atoms with Gasteiger partial charge in [-0.1, -0.05) is 27.7 Å². The fourth-order valence-electron chi connectivity index (χ4n) is 1.34. The Hall–Kier alpha value is -1.53. The first kappa shape index (κ1) is 12.9. The van der Waals surface area contributed by atoms with Crippen LogP contribution in [0.1, 0.15) is 10.4 Å². The van der Waals surface area contributed by atoms with Gasteiger partial charge >= 0.3 is 0 Å². The Morgan fingerprint density at radius 3 is 2.56 bits per heavy atom. The number of carbonyl (C=O) groups excluding carboxylic acids is 1. The third-order valence-corrected chi connectivity index (χ3v) is 3.68. The van der Waals surface area contributed by atoms with Gasteiger partial charge in [-0.05, 0) is 30.3 Å². The van der Waals surface area contributed by atoms with E-state index in [4.69, 9.17) is 11.5 Å². The molecule has 18 heavy (non-hydrogen) atoms. The normalized spacial score (nSPS) is 10.3. The molecule has 2 rings (SSSR count). The van der Waals surface area contributed by atoms with Crippen LogP contribution >= 0.6 is 27.7 Å². The highest BCUT2D eigenvalue weighted by Crippen LogP contribution is 2.28. The summed E-state index contributed by atoms with van der Waals surface area (Å²) in [5, 5.41) is 0.681. The number of anilines is 1. The maximum absolute atomic E-state index is 11.2. The zero-order chi connectivity index (χ0) is 13.1. The summed E-state index contributed by atoms with van der Waals surface area (Å²) in [6.07, 6.45) is 1.45. The number of benzene rings is 1. The molecule has 0 saturated carbocycles. The Morgan fingerprint density at radius 2 is 1.94 bits per heavy atom. The highest BCUT2D eigenvalue weighted by molar-refractivity contribution is 9.10. The number of aromatic nitrogens is 1. The molecule has 1 heterocycles. The molecule has 0 radical (unpaired) electrons. The number of halogens is 1. The lowest BCUT2D eigenvalue weighted by Gasteiger charge is -2.05. The minimum atomic E-state index is -0.549. The fraction of sp³-hybridized carbons (Fsp3) is 0. The molecule has 0 spiro atoms. The van der Waals surface area contributed by atoms with Gasteiger partial charge in [0.05, 0.1) is 17.4 Å². The quantitative estimate of drug-likeness (QED) is 0.909. The first-order valence-corrected chi connectivity index (χ1v) is 6.66. The van der Waals surface area contributed by atoms with Crippen LogP contribution in [0.25, 0.3) is 0 Å². The van der Waals surface area contributed by atoms with Gasteiger partial charge in [-0.25, -0.2) is 4.98 Å². The maximum Gasteiger partial charge on any atom is 0.250 e. The van der Waals surface area contributed by atoms with Gasteiger partial charge in [0.2, 0.25) is 0 Å². The number of rotatable bonds is 3. The Kier molecular flexibility index (Phi) is 3.88. The van der Waals surface area contributed by atoms with Crippen molar-refractivity contribution in [2.24, 2.45) is 5.73 Å². The summed E-state index contributed by atoms with van der Waals surface area (Å²) in [5.74, 6) is -0.549. The van der Waals surface area contributed by atoms with E-state index in [0.717, 1.165) is 9.37 Å². The summed E-state index contributed by atoms with van der Waals surface area (Å²) in [7, 11) is 0. The third-order valence-electron chi connectivity index (χ3n) is 2.21. The second kappa shape index (κ2) is 5.41. The minimum absolute atomic E-state index is 0.294. The Balaban J connectivity index is 2.27. The van der Waals surface area contributed by atoms with E-state index in [1.165, 1.54) is 18.0 Å². The molecule has 0 fully saturated rings. The standard InChI is InChI=1S/C12H10BrN3OS/c13-7-1-3-8(4-2-7)18-11-5-9(12(15)17)10(14)6-16-11/h1-6H,14H2,(H2,15,17). The number of hydrogen-bond acceptors (Lipinski definition) is 4. The lowest BCUT2D eigenvalue weighted by Crippen LogP contribution is -2.13. The van der Waals surface area contributed by atoms with Gasteiger partial charge in [0.25, 0.3) is 5.91 Å². The zero-order valence-electron chi connectivity index (χ0n) is 9.26. The lowest BCUT2D eigenvalue weighted by molar-refractivity contribution is 0.100. The van der Waals surface area contributed by atoms with Crippen LogP contribution in [0.4, 0.5) is 5.69 Å². The minimum Gasteiger partial charge on any atom is -0.397 e. The number of amides is 1. The summed E-state index contributed by atoms with van der Waals surface area (Å²) in [5.41, 5.74) is 11.4. The molecule has 4 N–H and O–H groups in total. The Bertz CT molecular complexity index is 586. The summed E-state index contributed by atoms with van der Waals surface area (Å²) < 4.78 is 1.01. The molecule has 0 aliphatic carbocycles. The number of nitrogen functional groups attached to an aromatic ring is 1. The van der Waals surface area contributed by atoms with Crippen LogP contribution in [-0.4, -0.2) is 10.9 Å². The molecule has 92 valence electrons. The molecule has 0 unspecified atom stereocenters. The topological polar surface area (TPSA) is 82.0 Å². The number of nitrogens with zero attached hydrogens (tertiary/aromatic N) is 1. The van der Waals surface area contributed by atoms with Crippen LogP contribution < -0.4 is 11.5 Å². The van der Waals surface area contributed by atoms with Crippen LogP contribution in [0, 0.1) is 0 Å². The summed E-state index contributed by atoms with van der Waals surface area (Å²) >= 11 is 4.81. The molecule has 0 bridgehead atoms. The van der Waals surface area contributed by atoms with Crippen molar-refractivity contribution < 1.29 is 4.79 Å². The summed E-state index contributed by atoms with van der Waals surface area (Å²) in [4.78, 5) is 16.3. The molecule has 6 heteroatoms. The molecular formula is C12H10BrN3OS. The van der Waals surface area contributed by atoms with Crippen LogP contribution in [0.3, 0.4) is 0 Å². The SMILES string of the molecule is NC(=O)c1cc(Sc2ccc(Br)cc2)ncc1N. The smallest absolute Gasteiger partial charge is 0.250 e. The fourth-order valence-corrected chi connectivity index (χ4v) is 2.40. The number of carbonyl (C=O) groups is 1. The van der Waals surface area contributed by atoms with Crippen LogP contribution in [0.2, 0.25) is 0 Å². The van der Waals surface area contributed by atoms with E-state index in [9.17, 15) is 4.79 Å². The number of nitrogens with two attached hydrogens (primary N) is 2. The maximum atomic E-state index is 11.2. The van der Waals surface area contributed by atoms with Gasteiger partial charge < -0.3 is 11.5 Å². The number of hydrogen-bond donors (Lipinski definition) is 2. The van der Waals surface area contributed by atoms with Crippen LogP contribution in [0.5, 0.6) is 0 Å². The first-order chi connectivity index (χ1) is 8.56. The number of primary amides is 1. The van der Waals surface area contributed by atoms with E-state index >= 15 is 0 Å². The summed E-state index contributed by atoms with van der Waals surface area (Å²) in [6.45, 7) is 0. The van der Waals surface area contributed by atoms with Gasteiger partial charge in [-0.2, -0.15) is 0 Å². The average Bonchev–Trinajstić information content (AvgIpc) is 2.34. The van der Waals surface area contributed by atoms with Gasteiger partial charge in [-0.3, -0.25) is 4.79 Å². The second-order valence-corrected chi connectivity index (χ2v) is 5.54. The largest absolute Gasteiger partial charge is 0.397 e. The molecule has 1 aromatic heterocycles. The van der Waals surface area contributed by atoms with Crippen molar-refractivity contribution in [2.75, 3.05) is 5.73 Å². The molecule has 0 saturated heterocycles. The van der Waals surface area contributed by atoms with Crippen molar-refractivity contribution in [3.05, 3.63) is 46.6 Å². The summed E-state index contributed by atoms with van der Waals surface area (Å²) in [6, 6.07) is 9.39. The van der Waals surface area contributed by atoms with E-state index in [1.807, 2.05) is 24.3 Å². The predicted molar refractivity (Wildman–Crippen MR) is 75.4 cm³/mol. The van der Waals surface area contributed by atoms with Crippen molar-refractivity contribution in [3.8, 4) is 0 Å². The highest BCUT2D eigenvalue weighted by atomic mass is 79.9. The molecule has 0 aliphatic heterocycles. The van der Waals surface area contributed by atoms with Crippen molar-refractivity contribution >= 4 is 39.3 Å². The third kappa shape index (κ3) is 3.02. The molecule has 0 atom stereocenters. The van der Waals surface area contributed by atoms with E-state index in [2.05, 4.69) is 20.9 Å². The molecule has 4 nitrogen and oxygen atoms in total. The first-order valence-electron chi connectivity index (χ1n) is 5.05. The number of pyridine rings is 1. The van der Waals surface area contributed by atoms with E-state index in [-0.39, 0.29) is 0 Å². The van der Waals surface area contributed by atoms with Gasteiger partial charge in [0.1, 0.15) is 5.03 Å².